The number of rotatable bonds is 5. The number of hydrogen-bond acceptors (Lipinski definition) is 4. The van der Waals surface area contributed by atoms with Crippen LogP contribution in [0.25, 0.3) is 0 Å². The zero-order valence-electron chi connectivity index (χ0n) is 12.5. The summed E-state index contributed by atoms with van der Waals surface area (Å²) in [6.45, 7) is 1.10. The normalized spacial score (nSPS) is 16.5. The van der Waals surface area contributed by atoms with Crippen LogP contribution in [0.2, 0.25) is 0 Å². The molecule has 0 fully saturated rings. The molecule has 1 unspecified atom stereocenters. The van der Waals surface area contributed by atoms with E-state index >= 15 is 0 Å². The van der Waals surface area contributed by atoms with Crippen molar-refractivity contribution in [3.63, 3.8) is 0 Å². The van der Waals surface area contributed by atoms with E-state index in [2.05, 4.69) is 16.8 Å². The minimum Gasteiger partial charge on any atom is -0.497 e. The quantitative estimate of drug-likeness (QED) is 0.922. The first-order valence-electron chi connectivity index (χ1n) is 7.36. The van der Waals surface area contributed by atoms with Gasteiger partial charge < -0.3 is 14.8 Å². The highest BCUT2D eigenvalue weighted by Crippen LogP contribution is 2.30. The zero-order chi connectivity index (χ0) is 15.4. The van der Waals surface area contributed by atoms with E-state index in [-0.39, 0.29) is 11.8 Å². The summed E-state index contributed by atoms with van der Waals surface area (Å²) in [5.74, 6) is 1.57. The van der Waals surface area contributed by atoms with Gasteiger partial charge in [-0.25, -0.2) is 0 Å². The lowest BCUT2D eigenvalue weighted by Crippen LogP contribution is -2.38. The summed E-state index contributed by atoms with van der Waals surface area (Å²) in [7, 11) is 1.64. The summed E-state index contributed by atoms with van der Waals surface area (Å²) in [6.07, 6.45) is 1.57. The standard InChI is InChI=1S/C17H19NO3S/c1-20-14-4-5-16-12(10-14)9-13(11-21-16)17(19)18-7-6-15-3-2-8-22-15/h2-5,8,10,13H,6-7,9,11H2,1H3,(H,18,19). The summed E-state index contributed by atoms with van der Waals surface area (Å²) in [5, 5.41) is 5.06. The molecule has 1 N–H and O–H groups in total. The van der Waals surface area contributed by atoms with E-state index in [1.54, 1.807) is 18.4 Å². The summed E-state index contributed by atoms with van der Waals surface area (Å²) >= 11 is 1.72. The Morgan fingerprint density at radius 3 is 3.14 bits per heavy atom. The highest BCUT2D eigenvalue weighted by molar-refractivity contribution is 7.09. The Labute approximate surface area is 134 Å². The van der Waals surface area contributed by atoms with E-state index in [1.807, 2.05) is 24.3 Å². The summed E-state index contributed by atoms with van der Waals surface area (Å²) in [5.41, 5.74) is 1.03. The first-order chi connectivity index (χ1) is 10.8. The van der Waals surface area contributed by atoms with Gasteiger partial charge in [-0.1, -0.05) is 6.07 Å². The number of thiophene rings is 1. The van der Waals surface area contributed by atoms with E-state index in [0.29, 0.717) is 19.6 Å². The van der Waals surface area contributed by atoms with Gasteiger partial charge in [0.2, 0.25) is 5.91 Å². The number of hydrogen-bond donors (Lipinski definition) is 1. The third kappa shape index (κ3) is 3.42. The summed E-state index contributed by atoms with van der Waals surface area (Å²) in [6, 6.07) is 9.84. The molecule has 1 aromatic heterocycles. The first-order valence-corrected chi connectivity index (χ1v) is 8.24. The minimum absolute atomic E-state index is 0.0602. The van der Waals surface area contributed by atoms with Gasteiger partial charge >= 0.3 is 0 Å². The van der Waals surface area contributed by atoms with Crippen molar-refractivity contribution in [2.75, 3.05) is 20.3 Å². The molecule has 2 heterocycles. The summed E-state index contributed by atoms with van der Waals surface area (Å²) < 4.78 is 10.9. The zero-order valence-corrected chi connectivity index (χ0v) is 13.3. The second-order valence-corrected chi connectivity index (χ2v) is 6.34. The number of fused-ring (bicyclic) bond motifs is 1. The van der Waals surface area contributed by atoms with Crippen LogP contribution >= 0.6 is 11.3 Å². The van der Waals surface area contributed by atoms with Gasteiger partial charge in [0.05, 0.1) is 13.0 Å². The van der Waals surface area contributed by atoms with Crippen molar-refractivity contribution < 1.29 is 14.3 Å². The van der Waals surface area contributed by atoms with Crippen LogP contribution in [0.1, 0.15) is 10.4 Å². The Bertz CT molecular complexity index is 639. The van der Waals surface area contributed by atoms with Crippen molar-refractivity contribution in [3.05, 3.63) is 46.2 Å². The van der Waals surface area contributed by atoms with Gasteiger partial charge in [-0.3, -0.25) is 4.79 Å². The molecule has 116 valence electrons. The molecule has 0 saturated carbocycles. The lowest BCUT2D eigenvalue weighted by Gasteiger charge is -2.25. The second-order valence-electron chi connectivity index (χ2n) is 5.31. The van der Waals surface area contributed by atoms with E-state index in [9.17, 15) is 4.79 Å². The number of carbonyl (C=O) groups is 1. The van der Waals surface area contributed by atoms with Crippen LogP contribution in [0.15, 0.2) is 35.7 Å². The molecule has 0 radical (unpaired) electrons. The highest BCUT2D eigenvalue weighted by Gasteiger charge is 2.26. The fraction of sp³-hybridized carbons (Fsp3) is 0.353. The highest BCUT2D eigenvalue weighted by atomic mass is 32.1. The van der Waals surface area contributed by atoms with Gasteiger partial charge in [0.15, 0.2) is 0 Å². The third-order valence-electron chi connectivity index (χ3n) is 3.80. The number of carbonyl (C=O) groups excluding carboxylic acids is 1. The molecule has 1 aromatic carbocycles. The summed E-state index contributed by atoms with van der Waals surface area (Å²) in [4.78, 5) is 13.6. The molecular weight excluding hydrogens is 298 g/mol. The molecule has 1 aliphatic heterocycles. The second kappa shape index (κ2) is 6.83. The van der Waals surface area contributed by atoms with Crippen LogP contribution in [0.5, 0.6) is 11.5 Å². The molecule has 1 aliphatic rings. The van der Waals surface area contributed by atoms with E-state index in [4.69, 9.17) is 9.47 Å². The van der Waals surface area contributed by atoms with Gasteiger partial charge in [-0.15, -0.1) is 11.3 Å². The molecular formula is C17H19NO3S. The molecule has 4 nitrogen and oxygen atoms in total. The van der Waals surface area contributed by atoms with Gasteiger partial charge in [0, 0.05) is 11.4 Å². The van der Waals surface area contributed by atoms with Crippen LogP contribution in [-0.4, -0.2) is 26.2 Å². The smallest absolute Gasteiger partial charge is 0.226 e. The van der Waals surface area contributed by atoms with Crippen molar-refractivity contribution in [2.45, 2.75) is 12.8 Å². The SMILES string of the molecule is COc1ccc2c(c1)CC(C(=O)NCCc1cccs1)CO2. The lowest BCUT2D eigenvalue weighted by molar-refractivity contribution is -0.126. The van der Waals surface area contributed by atoms with Crippen molar-refractivity contribution in [1.29, 1.82) is 0 Å². The number of methoxy groups -OCH3 is 1. The topological polar surface area (TPSA) is 47.6 Å². The van der Waals surface area contributed by atoms with Crippen molar-refractivity contribution in [2.24, 2.45) is 5.92 Å². The van der Waals surface area contributed by atoms with Gasteiger partial charge in [-0.2, -0.15) is 0 Å². The van der Waals surface area contributed by atoms with Crippen molar-refractivity contribution in [1.82, 2.24) is 5.32 Å². The van der Waals surface area contributed by atoms with Crippen molar-refractivity contribution in [3.8, 4) is 11.5 Å². The monoisotopic (exact) mass is 317 g/mol. The molecule has 5 heteroatoms. The van der Waals surface area contributed by atoms with Crippen LogP contribution in [0.3, 0.4) is 0 Å². The van der Waals surface area contributed by atoms with Crippen LogP contribution < -0.4 is 14.8 Å². The minimum atomic E-state index is -0.136. The Morgan fingerprint density at radius 1 is 1.45 bits per heavy atom. The average Bonchev–Trinajstić information content (AvgIpc) is 3.07. The number of nitrogens with one attached hydrogen (secondary N) is 1. The molecule has 1 amide bonds. The molecule has 0 saturated heterocycles. The average molecular weight is 317 g/mol. The predicted octanol–water partition coefficient (Wildman–Crippen LogP) is 2.67. The lowest BCUT2D eigenvalue weighted by atomic mass is 9.96. The predicted molar refractivity (Wildman–Crippen MR) is 86.7 cm³/mol. The largest absolute Gasteiger partial charge is 0.497 e. The number of benzene rings is 1. The number of amides is 1. The Balaban J connectivity index is 1.55. The molecule has 0 spiro atoms. The molecule has 0 bridgehead atoms. The fourth-order valence-electron chi connectivity index (χ4n) is 2.57. The van der Waals surface area contributed by atoms with E-state index in [1.165, 1.54) is 4.88 Å². The third-order valence-corrected chi connectivity index (χ3v) is 4.73. The van der Waals surface area contributed by atoms with Gasteiger partial charge in [0.25, 0.3) is 0 Å². The maximum absolute atomic E-state index is 12.3. The Kier molecular flexibility index (Phi) is 4.63. The first kappa shape index (κ1) is 14.9. The van der Waals surface area contributed by atoms with Crippen LogP contribution in [0.4, 0.5) is 0 Å². The van der Waals surface area contributed by atoms with E-state index < -0.39 is 0 Å². The Morgan fingerprint density at radius 2 is 2.36 bits per heavy atom. The number of ether oxygens (including phenoxy) is 2. The van der Waals surface area contributed by atoms with E-state index in [0.717, 1.165) is 23.5 Å². The molecule has 2 aromatic rings. The Hall–Kier alpha value is -2.01. The maximum atomic E-state index is 12.3. The molecule has 22 heavy (non-hydrogen) atoms. The van der Waals surface area contributed by atoms with Crippen LogP contribution in [-0.2, 0) is 17.6 Å². The molecule has 1 atom stereocenters. The molecule has 0 aliphatic carbocycles. The van der Waals surface area contributed by atoms with Gasteiger partial charge in [0.1, 0.15) is 18.1 Å². The maximum Gasteiger partial charge on any atom is 0.226 e. The van der Waals surface area contributed by atoms with Crippen LogP contribution in [0, 0.1) is 5.92 Å². The molecule has 3 rings (SSSR count). The van der Waals surface area contributed by atoms with Crippen molar-refractivity contribution >= 4 is 17.2 Å². The fourth-order valence-corrected chi connectivity index (χ4v) is 3.28. The van der Waals surface area contributed by atoms with Gasteiger partial charge in [-0.05, 0) is 48.1 Å².